The summed E-state index contributed by atoms with van der Waals surface area (Å²) in [4.78, 5) is 3.84. The molecule has 4 nitrogen and oxygen atoms in total. The Labute approximate surface area is 91.4 Å². The summed E-state index contributed by atoms with van der Waals surface area (Å²) in [5.74, 6) is 0.960. The molecule has 0 aliphatic heterocycles. The summed E-state index contributed by atoms with van der Waals surface area (Å²) in [5, 5.41) is 8.63. The molecular formula is C10H12N2O2S. The predicted molar refractivity (Wildman–Crippen MR) is 57.5 cm³/mol. The summed E-state index contributed by atoms with van der Waals surface area (Å²) in [5.41, 5.74) is 1.23. The van der Waals surface area contributed by atoms with Crippen molar-refractivity contribution in [1.29, 1.82) is 5.26 Å². The van der Waals surface area contributed by atoms with Gasteiger partial charge in [0.05, 0.1) is 6.61 Å². The molecule has 1 rings (SSSR count). The van der Waals surface area contributed by atoms with Gasteiger partial charge in [0.2, 0.25) is 0 Å². The maximum atomic E-state index is 11.5. The average molecular weight is 224 g/mol. The minimum Gasteiger partial charge on any atom is -0.384 e. The van der Waals surface area contributed by atoms with Gasteiger partial charge in [0.25, 0.3) is 0 Å². The van der Waals surface area contributed by atoms with Crippen molar-refractivity contribution in [3.8, 4) is 6.07 Å². The molecule has 0 aliphatic rings. The number of hydrogen-bond acceptors (Lipinski definition) is 4. The van der Waals surface area contributed by atoms with E-state index in [1.165, 1.54) is 0 Å². The third-order valence-electron chi connectivity index (χ3n) is 1.78. The maximum absolute atomic E-state index is 11.5. The number of pyridine rings is 1. The highest BCUT2D eigenvalue weighted by Gasteiger charge is 2.02. The third-order valence-corrected chi connectivity index (χ3v) is 3.06. The van der Waals surface area contributed by atoms with Gasteiger partial charge in [0.1, 0.15) is 11.8 Å². The van der Waals surface area contributed by atoms with E-state index in [1.54, 1.807) is 25.4 Å². The Morgan fingerprint density at radius 1 is 1.67 bits per heavy atom. The zero-order valence-electron chi connectivity index (χ0n) is 8.47. The normalized spacial score (nSPS) is 12.0. The Hall–Kier alpha value is -1.25. The Morgan fingerprint density at radius 2 is 2.47 bits per heavy atom. The summed E-state index contributed by atoms with van der Waals surface area (Å²) in [7, 11) is 0.637. The van der Waals surface area contributed by atoms with E-state index in [4.69, 9.17) is 10.00 Å². The van der Waals surface area contributed by atoms with Crippen molar-refractivity contribution in [2.24, 2.45) is 0 Å². The fourth-order valence-corrected chi connectivity index (χ4v) is 2.11. The van der Waals surface area contributed by atoms with Gasteiger partial charge >= 0.3 is 0 Å². The van der Waals surface area contributed by atoms with Crippen molar-refractivity contribution in [1.82, 2.24) is 4.98 Å². The molecule has 0 saturated heterocycles. The molecule has 0 N–H and O–H groups in total. The van der Waals surface area contributed by atoms with Crippen LogP contribution in [-0.2, 0) is 21.3 Å². The Bertz CT molecular complexity index is 387. The van der Waals surface area contributed by atoms with Crippen LogP contribution >= 0.6 is 0 Å². The van der Waals surface area contributed by atoms with Gasteiger partial charge < -0.3 is 4.74 Å². The summed E-state index contributed by atoms with van der Waals surface area (Å²) in [6.45, 7) is 0.489. The fraction of sp³-hybridized carbons (Fsp3) is 0.400. The zero-order chi connectivity index (χ0) is 11.1. The molecule has 1 aromatic heterocycles. The van der Waals surface area contributed by atoms with Crippen molar-refractivity contribution in [2.75, 3.05) is 19.5 Å². The molecule has 0 aliphatic carbocycles. The molecule has 5 heteroatoms. The smallest absolute Gasteiger partial charge is 0.140 e. The van der Waals surface area contributed by atoms with Crippen molar-refractivity contribution in [2.45, 2.75) is 5.75 Å². The lowest BCUT2D eigenvalue weighted by Gasteiger charge is -2.01. The SMILES string of the molecule is COCCS(=O)Cc1ccnc(C#N)c1. The van der Waals surface area contributed by atoms with E-state index in [0.29, 0.717) is 23.8 Å². The second-order valence-electron chi connectivity index (χ2n) is 2.94. The highest BCUT2D eigenvalue weighted by molar-refractivity contribution is 7.84. The van der Waals surface area contributed by atoms with Crippen LogP contribution in [0.25, 0.3) is 0 Å². The minimum absolute atomic E-state index is 0.358. The minimum atomic E-state index is -0.943. The number of aromatic nitrogens is 1. The first kappa shape index (κ1) is 11.8. The Balaban J connectivity index is 2.57. The van der Waals surface area contributed by atoms with Gasteiger partial charge in [-0.1, -0.05) is 0 Å². The number of methoxy groups -OCH3 is 1. The maximum Gasteiger partial charge on any atom is 0.140 e. The van der Waals surface area contributed by atoms with Crippen molar-refractivity contribution < 1.29 is 8.95 Å². The predicted octanol–water partition coefficient (Wildman–Crippen LogP) is 0.848. The molecule has 80 valence electrons. The van der Waals surface area contributed by atoms with Gasteiger partial charge in [-0.05, 0) is 17.7 Å². The lowest BCUT2D eigenvalue weighted by molar-refractivity contribution is 0.218. The molecule has 0 amide bonds. The van der Waals surface area contributed by atoms with Crippen LogP contribution in [0, 0.1) is 11.3 Å². The zero-order valence-corrected chi connectivity index (χ0v) is 9.29. The highest BCUT2D eigenvalue weighted by atomic mass is 32.2. The van der Waals surface area contributed by atoms with Gasteiger partial charge in [0, 0.05) is 35.6 Å². The first-order valence-electron chi connectivity index (χ1n) is 4.45. The first-order chi connectivity index (χ1) is 7.26. The molecule has 0 saturated carbocycles. The van der Waals surface area contributed by atoms with Crippen LogP contribution in [0.4, 0.5) is 0 Å². The van der Waals surface area contributed by atoms with Crippen LogP contribution in [0.5, 0.6) is 0 Å². The Kier molecular flexibility index (Phi) is 4.95. The highest BCUT2D eigenvalue weighted by Crippen LogP contribution is 2.04. The quantitative estimate of drug-likeness (QED) is 0.743. The molecule has 1 atom stereocenters. The van der Waals surface area contributed by atoms with E-state index in [0.717, 1.165) is 5.56 Å². The largest absolute Gasteiger partial charge is 0.384 e. The van der Waals surface area contributed by atoms with Crippen LogP contribution in [0.1, 0.15) is 11.3 Å². The van der Waals surface area contributed by atoms with E-state index >= 15 is 0 Å². The van der Waals surface area contributed by atoms with Gasteiger partial charge in [-0.15, -0.1) is 0 Å². The molecule has 0 bridgehead atoms. The van der Waals surface area contributed by atoms with Gasteiger partial charge in [-0.25, -0.2) is 4.98 Å². The average Bonchev–Trinajstić information content (AvgIpc) is 2.26. The van der Waals surface area contributed by atoms with Crippen LogP contribution in [0.15, 0.2) is 18.3 Å². The van der Waals surface area contributed by atoms with E-state index in [1.807, 2.05) is 6.07 Å². The molecule has 0 radical (unpaired) electrons. The summed E-state index contributed by atoms with van der Waals surface area (Å²) >= 11 is 0. The lowest BCUT2D eigenvalue weighted by Crippen LogP contribution is -2.06. The van der Waals surface area contributed by atoms with E-state index in [9.17, 15) is 4.21 Å². The standard InChI is InChI=1S/C10H12N2O2S/c1-14-4-5-15(13)8-9-2-3-12-10(6-9)7-11/h2-3,6H,4-5,8H2,1H3. The second kappa shape index (κ2) is 6.27. The van der Waals surface area contributed by atoms with Crippen molar-refractivity contribution >= 4 is 10.8 Å². The molecule has 0 aromatic carbocycles. The summed E-state index contributed by atoms with van der Waals surface area (Å²) in [6, 6.07) is 5.38. The Morgan fingerprint density at radius 3 is 3.13 bits per heavy atom. The first-order valence-corrected chi connectivity index (χ1v) is 5.94. The molecule has 15 heavy (non-hydrogen) atoms. The summed E-state index contributed by atoms with van der Waals surface area (Å²) in [6.07, 6.45) is 1.56. The van der Waals surface area contributed by atoms with Crippen molar-refractivity contribution in [3.05, 3.63) is 29.6 Å². The molecule has 1 aromatic rings. The summed E-state index contributed by atoms with van der Waals surface area (Å²) < 4.78 is 16.3. The number of hydrogen-bond donors (Lipinski definition) is 0. The third kappa shape index (κ3) is 4.19. The second-order valence-corrected chi connectivity index (χ2v) is 4.52. The molecule has 0 fully saturated rings. The van der Waals surface area contributed by atoms with Crippen molar-refractivity contribution in [3.63, 3.8) is 0 Å². The molecule has 1 unspecified atom stereocenters. The molecular weight excluding hydrogens is 212 g/mol. The number of nitriles is 1. The molecule has 1 heterocycles. The lowest BCUT2D eigenvalue weighted by atomic mass is 10.2. The molecule has 0 spiro atoms. The van der Waals surface area contributed by atoms with Gasteiger partial charge in [-0.2, -0.15) is 5.26 Å². The number of rotatable bonds is 5. The van der Waals surface area contributed by atoms with Crippen LogP contribution in [0.2, 0.25) is 0 Å². The van der Waals surface area contributed by atoms with Crippen LogP contribution < -0.4 is 0 Å². The van der Waals surface area contributed by atoms with Crippen LogP contribution in [-0.4, -0.2) is 28.7 Å². The van der Waals surface area contributed by atoms with Gasteiger partial charge in [0.15, 0.2) is 0 Å². The van der Waals surface area contributed by atoms with Gasteiger partial charge in [-0.3, -0.25) is 4.21 Å². The topological polar surface area (TPSA) is 63.0 Å². The van der Waals surface area contributed by atoms with E-state index in [2.05, 4.69) is 4.98 Å². The van der Waals surface area contributed by atoms with Crippen LogP contribution in [0.3, 0.4) is 0 Å². The van der Waals surface area contributed by atoms with E-state index in [-0.39, 0.29) is 0 Å². The number of nitrogens with zero attached hydrogens (tertiary/aromatic N) is 2. The fourth-order valence-electron chi connectivity index (χ4n) is 1.06. The monoisotopic (exact) mass is 224 g/mol. The van der Waals surface area contributed by atoms with E-state index < -0.39 is 10.8 Å². The number of ether oxygens (including phenoxy) is 1.